The van der Waals surface area contributed by atoms with Gasteiger partial charge in [0.15, 0.2) is 6.29 Å². The molecule has 2 nitrogen and oxygen atoms in total. The van der Waals surface area contributed by atoms with Crippen molar-refractivity contribution in [1.29, 1.82) is 0 Å². The van der Waals surface area contributed by atoms with E-state index in [0.717, 1.165) is 0 Å². The van der Waals surface area contributed by atoms with Crippen molar-refractivity contribution in [3.05, 3.63) is 52.9 Å². The lowest BCUT2D eigenvalue weighted by Gasteiger charge is -2.05. The molecule has 1 heterocycles. The fourth-order valence-corrected chi connectivity index (χ4v) is 1.65. The number of aldehydes is 1. The molecule has 0 atom stereocenters. The van der Waals surface area contributed by atoms with Crippen LogP contribution >= 0.6 is 11.6 Å². The van der Waals surface area contributed by atoms with Crippen LogP contribution < -0.4 is 0 Å². The molecule has 4 heteroatoms. The third kappa shape index (κ3) is 1.82. The summed E-state index contributed by atoms with van der Waals surface area (Å²) >= 11 is 5.95. The van der Waals surface area contributed by atoms with Crippen LogP contribution in [0.4, 0.5) is 4.39 Å². The maximum atomic E-state index is 13.5. The highest BCUT2D eigenvalue weighted by molar-refractivity contribution is 6.35. The highest BCUT2D eigenvalue weighted by atomic mass is 35.5. The lowest BCUT2D eigenvalue weighted by Crippen LogP contribution is -1.92. The molecule has 0 aliphatic rings. The highest BCUT2D eigenvalue weighted by Gasteiger charge is 2.12. The summed E-state index contributed by atoms with van der Waals surface area (Å²) in [5.74, 6) is -0.417. The first-order valence-corrected chi connectivity index (χ1v) is 4.96. The van der Waals surface area contributed by atoms with Crippen LogP contribution in [-0.2, 0) is 0 Å². The fraction of sp³-hybridized carbons (Fsp3) is 0. The van der Waals surface area contributed by atoms with Gasteiger partial charge in [-0.05, 0) is 18.2 Å². The van der Waals surface area contributed by atoms with Crippen molar-refractivity contribution in [2.24, 2.45) is 0 Å². The van der Waals surface area contributed by atoms with Gasteiger partial charge in [-0.2, -0.15) is 0 Å². The lowest BCUT2D eigenvalue weighted by atomic mass is 10.1. The number of pyridine rings is 1. The number of halogens is 2. The molecule has 0 bridgehead atoms. The summed E-state index contributed by atoms with van der Waals surface area (Å²) in [6.07, 6.45) is 2.05. The average molecular weight is 236 g/mol. The number of hydrogen-bond acceptors (Lipinski definition) is 2. The minimum absolute atomic E-state index is 0.169. The van der Waals surface area contributed by atoms with Gasteiger partial charge < -0.3 is 0 Å². The zero-order chi connectivity index (χ0) is 11.5. The largest absolute Gasteiger partial charge is 0.298 e. The van der Waals surface area contributed by atoms with Gasteiger partial charge in [-0.15, -0.1) is 0 Å². The second kappa shape index (κ2) is 4.41. The molecule has 0 aliphatic heterocycles. The molecule has 1 aromatic carbocycles. The molecule has 0 radical (unpaired) electrons. The summed E-state index contributed by atoms with van der Waals surface area (Å²) in [7, 11) is 0. The van der Waals surface area contributed by atoms with Crippen LogP contribution in [0.5, 0.6) is 0 Å². The van der Waals surface area contributed by atoms with Crippen molar-refractivity contribution >= 4 is 17.9 Å². The van der Waals surface area contributed by atoms with Crippen LogP contribution in [0.25, 0.3) is 11.3 Å². The van der Waals surface area contributed by atoms with E-state index in [2.05, 4.69) is 4.98 Å². The minimum Gasteiger partial charge on any atom is -0.298 e. The van der Waals surface area contributed by atoms with Gasteiger partial charge >= 0.3 is 0 Å². The Labute approximate surface area is 96.7 Å². The molecular weight excluding hydrogens is 229 g/mol. The van der Waals surface area contributed by atoms with E-state index < -0.39 is 5.82 Å². The molecule has 0 unspecified atom stereocenters. The highest BCUT2D eigenvalue weighted by Crippen LogP contribution is 2.29. The predicted molar refractivity (Wildman–Crippen MR) is 60.0 cm³/mol. The van der Waals surface area contributed by atoms with Crippen LogP contribution in [-0.4, -0.2) is 11.3 Å². The molecule has 2 rings (SSSR count). The monoisotopic (exact) mass is 235 g/mol. The molecule has 0 N–H and O–H groups in total. The number of carbonyl (C=O) groups is 1. The Morgan fingerprint density at radius 3 is 2.69 bits per heavy atom. The number of benzene rings is 1. The van der Waals surface area contributed by atoms with E-state index in [1.165, 1.54) is 18.3 Å². The number of hydrogen-bond donors (Lipinski definition) is 0. The standard InChI is InChI=1S/C12H7ClFNO/c13-11-8(7-16)5-6-15-12(11)9-3-1-2-4-10(9)14/h1-7H. The van der Waals surface area contributed by atoms with E-state index in [9.17, 15) is 9.18 Å². The summed E-state index contributed by atoms with van der Waals surface area (Å²) in [5.41, 5.74) is 0.871. The number of aromatic nitrogens is 1. The Morgan fingerprint density at radius 2 is 2.00 bits per heavy atom. The van der Waals surface area contributed by atoms with Gasteiger partial charge in [-0.3, -0.25) is 9.78 Å². The van der Waals surface area contributed by atoms with Crippen molar-refractivity contribution < 1.29 is 9.18 Å². The van der Waals surface area contributed by atoms with Crippen LogP contribution in [0.2, 0.25) is 5.02 Å². The molecule has 1 aromatic heterocycles. The van der Waals surface area contributed by atoms with Crippen LogP contribution in [0.15, 0.2) is 36.5 Å². The van der Waals surface area contributed by atoms with Gasteiger partial charge in [0.25, 0.3) is 0 Å². The maximum absolute atomic E-state index is 13.5. The van der Waals surface area contributed by atoms with Gasteiger partial charge in [0.1, 0.15) is 5.82 Å². The smallest absolute Gasteiger partial charge is 0.151 e. The van der Waals surface area contributed by atoms with Crippen LogP contribution in [0.3, 0.4) is 0 Å². The van der Waals surface area contributed by atoms with E-state index in [4.69, 9.17) is 11.6 Å². The normalized spacial score (nSPS) is 10.1. The predicted octanol–water partition coefficient (Wildman–Crippen LogP) is 3.35. The van der Waals surface area contributed by atoms with Crippen LogP contribution in [0.1, 0.15) is 10.4 Å². The summed E-state index contributed by atoms with van der Waals surface area (Å²) < 4.78 is 13.5. The van der Waals surface area contributed by atoms with Crippen molar-refractivity contribution in [2.45, 2.75) is 0 Å². The third-order valence-corrected chi connectivity index (χ3v) is 2.57. The van der Waals surface area contributed by atoms with Crippen molar-refractivity contribution in [3.8, 4) is 11.3 Å². The van der Waals surface area contributed by atoms with E-state index in [0.29, 0.717) is 11.8 Å². The first-order valence-electron chi connectivity index (χ1n) is 4.58. The van der Waals surface area contributed by atoms with E-state index in [1.807, 2.05) is 0 Å². The summed E-state index contributed by atoms with van der Waals surface area (Å²) in [4.78, 5) is 14.7. The Kier molecular flexibility index (Phi) is 2.97. The lowest BCUT2D eigenvalue weighted by molar-refractivity contribution is 0.112. The van der Waals surface area contributed by atoms with Crippen molar-refractivity contribution in [1.82, 2.24) is 4.98 Å². The number of carbonyl (C=O) groups excluding carboxylic acids is 1. The molecule has 0 saturated carbocycles. The van der Waals surface area contributed by atoms with Gasteiger partial charge in [0.2, 0.25) is 0 Å². The molecule has 0 saturated heterocycles. The van der Waals surface area contributed by atoms with E-state index >= 15 is 0 Å². The average Bonchev–Trinajstić information content (AvgIpc) is 2.31. The molecule has 0 amide bonds. The Balaban J connectivity index is 2.65. The second-order valence-corrected chi connectivity index (χ2v) is 3.54. The first-order chi connectivity index (χ1) is 7.74. The van der Waals surface area contributed by atoms with Gasteiger partial charge in [-0.1, -0.05) is 23.7 Å². The van der Waals surface area contributed by atoms with E-state index in [-0.39, 0.29) is 16.3 Å². The Bertz CT molecular complexity index is 542. The van der Waals surface area contributed by atoms with Gasteiger partial charge in [0.05, 0.1) is 10.7 Å². The van der Waals surface area contributed by atoms with Crippen molar-refractivity contribution in [3.63, 3.8) is 0 Å². The number of rotatable bonds is 2. The van der Waals surface area contributed by atoms with Crippen molar-refractivity contribution in [2.75, 3.05) is 0 Å². The third-order valence-electron chi connectivity index (χ3n) is 2.18. The zero-order valence-electron chi connectivity index (χ0n) is 8.15. The molecule has 16 heavy (non-hydrogen) atoms. The van der Waals surface area contributed by atoms with E-state index in [1.54, 1.807) is 18.2 Å². The molecule has 0 spiro atoms. The van der Waals surface area contributed by atoms with Gasteiger partial charge in [0, 0.05) is 17.3 Å². The molecule has 0 fully saturated rings. The van der Waals surface area contributed by atoms with Gasteiger partial charge in [-0.25, -0.2) is 4.39 Å². The molecular formula is C12H7ClFNO. The Morgan fingerprint density at radius 1 is 1.25 bits per heavy atom. The maximum Gasteiger partial charge on any atom is 0.151 e. The number of nitrogens with zero attached hydrogens (tertiary/aromatic N) is 1. The molecule has 0 aliphatic carbocycles. The SMILES string of the molecule is O=Cc1ccnc(-c2ccccc2F)c1Cl. The second-order valence-electron chi connectivity index (χ2n) is 3.16. The summed E-state index contributed by atoms with van der Waals surface area (Å²) in [6.45, 7) is 0. The van der Waals surface area contributed by atoms with Crippen LogP contribution in [0, 0.1) is 5.82 Å². The molecule has 2 aromatic rings. The molecule has 80 valence electrons. The zero-order valence-corrected chi connectivity index (χ0v) is 8.91. The Hall–Kier alpha value is -1.74. The summed E-state index contributed by atoms with van der Waals surface area (Å²) in [5, 5.41) is 0.169. The summed E-state index contributed by atoms with van der Waals surface area (Å²) in [6, 6.07) is 7.64. The first kappa shape index (κ1) is 10.8. The topological polar surface area (TPSA) is 30.0 Å². The minimum atomic E-state index is -0.417. The quantitative estimate of drug-likeness (QED) is 0.747. The fourth-order valence-electron chi connectivity index (χ4n) is 1.39.